The monoisotopic (exact) mass is 368 g/mol. The van der Waals surface area contributed by atoms with Crippen molar-refractivity contribution < 1.29 is 19.0 Å². The van der Waals surface area contributed by atoms with E-state index in [4.69, 9.17) is 10.8 Å². The van der Waals surface area contributed by atoms with Crippen molar-refractivity contribution in [2.45, 2.75) is 0 Å². The van der Waals surface area contributed by atoms with E-state index in [-0.39, 0.29) is 11.3 Å². The number of hydrogen-bond acceptors (Lipinski definition) is 6. The second-order valence-corrected chi connectivity index (χ2v) is 5.79. The Morgan fingerprint density at radius 1 is 1.33 bits per heavy atom. The van der Waals surface area contributed by atoms with Gasteiger partial charge in [-0.25, -0.2) is 19.2 Å². The highest BCUT2D eigenvalue weighted by Crippen LogP contribution is 2.33. The fourth-order valence-corrected chi connectivity index (χ4v) is 2.73. The van der Waals surface area contributed by atoms with Crippen molar-refractivity contribution in [3.8, 4) is 28.3 Å². The third-order valence-corrected chi connectivity index (χ3v) is 3.96. The highest BCUT2D eigenvalue weighted by molar-refractivity contribution is 5.88. The highest BCUT2D eigenvalue weighted by Gasteiger charge is 2.18. The standard InChI is InChI=1S/C17H13FN6O3/c1-24-7-9(6-21-24)8-4-10(15(19)20-5-8)16-22-12-3-2-11(18)14(13(12)23-16)27-17(25)26/h2-7H,1H3,(H2,19,20)(H,22,23)(H,25,26). The molecule has 0 fully saturated rings. The Morgan fingerprint density at radius 3 is 2.85 bits per heavy atom. The molecule has 3 aromatic heterocycles. The number of ether oxygens (including phenoxy) is 1. The Labute approximate surface area is 151 Å². The normalized spacial score (nSPS) is 11.0. The Kier molecular flexibility index (Phi) is 3.73. The number of hydrogen-bond donors (Lipinski definition) is 3. The molecule has 0 spiro atoms. The molecule has 9 nitrogen and oxygen atoms in total. The fourth-order valence-electron chi connectivity index (χ4n) is 2.73. The maximum Gasteiger partial charge on any atom is 0.511 e. The maximum absolute atomic E-state index is 14.0. The molecule has 0 bridgehead atoms. The number of nitrogens with one attached hydrogen (secondary N) is 1. The first-order valence-electron chi connectivity index (χ1n) is 7.76. The molecule has 4 aromatic rings. The van der Waals surface area contributed by atoms with Gasteiger partial charge in [0.05, 0.1) is 17.3 Å². The van der Waals surface area contributed by atoms with E-state index in [0.717, 1.165) is 17.2 Å². The molecular weight excluding hydrogens is 355 g/mol. The lowest BCUT2D eigenvalue weighted by Crippen LogP contribution is -2.05. The topological polar surface area (TPSA) is 132 Å². The second-order valence-electron chi connectivity index (χ2n) is 5.79. The smallest absolute Gasteiger partial charge is 0.449 e. The van der Waals surface area contributed by atoms with Crippen LogP contribution in [-0.2, 0) is 7.05 Å². The molecule has 136 valence electrons. The highest BCUT2D eigenvalue weighted by atomic mass is 19.1. The predicted molar refractivity (Wildman–Crippen MR) is 94.5 cm³/mol. The maximum atomic E-state index is 14.0. The molecule has 0 saturated carbocycles. The number of nitrogen functional groups attached to an aromatic ring is 1. The van der Waals surface area contributed by atoms with Crippen LogP contribution in [0.25, 0.3) is 33.5 Å². The van der Waals surface area contributed by atoms with E-state index in [1.807, 2.05) is 6.20 Å². The number of aryl methyl sites for hydroxylation is 1. The summed E-state index contributed by atoms with van der Waals surface area (Å²) in [7, 11) is 1.80. The van der Waals surface area contributed by atoms with Gasteiger partial charge >= 0.3 is 6.16 Å². The van der Waals surface area contributed by atoms with Crippen LogP contribution in [0.15, 0.2) is 36.8 Å². The van der Waals surface area contributed by atoms with Crippen molar-refractivity contribution in [3.63, 3.8) is 0 Å². The van der Waals surface area contributed by atoms with Crippen molar-refractivity contribution in [1.82, 2.24) is 24.7 Å². The molecule has 10 heteroatoms. The van der Waals surface area contributed by atoms with E-state index in [9.17, 15) is 9.18 Å². The van der Waals surface area contributed by atoms with E-state index < -0.39 is 17.7 Å². The third kappa shape index (κ3) is 2.92. The fraction of sp³-hybridized carbons (Fsp3) is 0.0588. The Morgan fingerprint density at radius 2 is 2.15 bits per heavy atom. The summed E-state index contributed by atoms with van der Waals surface area (Å²) in [5.74, 6) is -0.792. The number of imidazole rings is 1. The number of aromatic nitrogens is 5. The zero-order valence-corrected chi connectivity index (χ0v) is 14.0. The van der Waals surface area contributed by atoms with Gasteiger partial charge in [-0.1, -0.05) is 0 Å². The summed E-state index contributed by atoms with van der Waals surface area (Å²) in [6.07, 6.45) is 3.48. The Bertz CT molecular complexity index is 1180. The molecule has 4 N–H and O–H groups in total. The van der Waals surface area contributed by atoms with Gasteiger partial charge in [0.15, 0.2) is 11.6 Å². The number of fused-ring (bicyclic) bond motifs is 1. The number of nitrogens with two attached hydrogens (primary N) is 1. The molecule has 0 amide bonds. The van der Waals surface area contributed by atoms with Gasteiger partial charge < -0.3 is 20.6 Å². The van der Waals surface area contributed by atoms with Crippen molar-refractivity contribution in [3.05, 3.63) is 42.6 Å². The molecule has 1 aromatic carbocycles. The average Bonchev–Trinajstić information content (AvgIpc) is 3.24. The lowest BCUT2D eigenvalue weighted by atomic mass is 10.1. The molecule has 27 heavy (non-hydrogen) atoms. The molecular formula is C17H13FN6O3. The van der Waals surface area contributed by atoms with Crippen molar-refractivity contribution in [1.29, 1.82) is 0 Å². The summed E-state index contributed by atoms with van der Waals surface area (Å²) in [4.78, 5) is 22.3. The molecule has 0 aliphatic rings. The lowest BCUT2D eigenvalue weighted by molar-refractivity contribution is 0.143. The second kappa shape index (κ2) is 6.09. The summed E-state index contributed by atoms with van der Waals surface area (Å²) in [5.41, 5.74) is 8.50. The summed E-state index contributed by atoms with van der Waals surface area (Å²) in [5, 5.41) is 12.9. The van der Waals surface area contributed by atoms with E-state index in [2.05, 4.69) is 24.8 Å². The van der Waals surface area contributed by atoms with E-state index in [0.29, 0.717) is 16.9 Å². The summed E-state index contributed by atoms with van der Waals surface area (Å²) in [6, 6.07) is 4.30. The van der Waals surface area contributed by atoms with E-state index in [1.165, 1.54) is 6.07 Å². The first-order valence-corrected chi connectivity index (χ1v) is 7.76. The minimum atomic E-state index is -1.63. The minimum absolute atomic E-state index is 0.0404. The number of aromatic amines is 1. The van der Waals surface area contributed by atoms with Crippen LogP contribution < -0.4 is 10.5 Å². The number of H-pyrrole nitrogens is 1. The lowest BCUT2D eigenvalue weighted by Gasteiger charge is -2.04. The number of pyridine rings is 1. The molecule has 0 atom stereocenters. The SMILES string of the molecule is Cn1cc(-c2cnc(N)c(-c3nc4c(OC(=O)O)c(F)ccc4[nH]3)c2)cn1. The van der Waals surface area contributed by atoms with Crippen LogP contribution >= 0.6 is 0 Å². The number of benzene rings is 1. The third-order valence-electron chi connectivity index (χ3n) is 3.96. The van der Waals surface area contributed by atoms with Crippen LogP contribution in [0.5, 0.6) is 5.75 Å². The zero-order chi connectivity index (χ0) is 19.1. The zero-order valence-electron chi connectivity index (χ0n) is 14.0. The van der Waals surface area contributed by atoms with Crippen LogP contribution in [-0.4, -0.2) is 36.0 Å². The van der Waals surface area contributed by atoms with Gasteiger partial charge in [0.1, 0.15) is 17.2 Å². The largest absolute Gasteiger partial charge is 0.511 e. The number of nitrogens with zero attached hydrogens (tertiary/aromatic N) is 4. The van der Waals surface area contributed by atoms with Gasteiger partial charge in [-0.05, 0) is 18.2 Å². The van der Waals surface area contributed by atoms with Crippen LogP contribution in [0, 0.1) is 5.82 Å². The first-order chi connectivity index (χ1) is 12.9. The Balaban J connectivity index is 1.86. The quantitative estimate of drug-likeness (QED) is 0.374. The van der Waals surface area contributed by atoms with Crippen LogP contribution in [0.3, 0.4) is 0 Å². The number of carboxylic acid groups (broad SMARTS) is 1. The van der Waals surface area contributed by atoms with Gasteiger partial charge in [0.25, 0.3) is 0 Å². The van der Waals surface area contributed by atoms with Crippen LogP contribution in [0.4, 0.5) is 15.0 Å². The van der Waals surface area contributed by atoms with Gasteiger partial charge in [-0.2, -0.15) is 5.10 Å². The average molecular weight is 368 g/mol. The summed E-state index contributed by atoms with van der Waals surface area (Å²) in [6.45, 7) is 0. The molecule has 0 aliphatic heterocycles. The molecule has 3 heterocycles. The molecule has 0 radical (unpaired) electrons. The van der Waals surface area contributed by atoms with Crippen LogP contribution in [0.1, 0.15) is 0 Å². The van der Waals surface area contributed by atoms with E-state index in [1.54, 1.807) is 30.2 Å². The first kappa shape index (κ1) is 16.5. The van der Waals surface area contributed by atoms with Gasteiger partial charge in [-0.3, -0.25) is 4.68 Å². The number of anilines is 1. The molecule has 0 saturated heterocycles. The van der Waals surface area contributed by atoms with Crippen molar-refractivity contribution in [2.24, 2.45) is 7.05 Å². The predicted octanol–water partition coefficient (Wildman–Crippen LogP) is 2.80. The van der Waals surface area contributed by atoms with E-state index >= 15 is 0 Å². The molecule has 0 aliphatic carbocycles. The van der Waals surface area contributed by atoms with Crippen molar-refractivity contribution >= 4 is 23.0 Å². The Hall–Kier alpha value is -3.95. The summed E-state index contributed by atoms with van der Waals surface area (Å²) < 4.78 is 20.2. The van der Waals surface area contributed by atoms with Crippen molar-refractivity contribution in [2.75, 3.05) is 5.73 Å². The summed E-state index contributed by atoms with van der Waals surface area (Å²) >= 11 is 0. The number of carbonyl (C=O) groups is 1. The minimum Gasteiger partial charge on any atom is -0.449 e. The number of rotatable bonds is 3. The van der Waals surface area contributed by atoms with Gasteiger partial charge in [0.2, 0.25) is 0 Å². The number of halogens is 1. The van der Waals surface area contributed by atoms with Gasteiger partial charge in [-0.15, -0.1) is 0 Å². The van der Waals surface area contributed by atoms with Crippen LogP contribution in [0.2, 0.25) is 0 Å². The molecule has 0 unspecified atom stereocenters. The van der Waals surface area contributed by atoms with Gasteiger partial charge in [0, 0.05) is 30.6 Å². The molecule has 4 rings (SSSR count).